The fourth-order valence-electron chi connectivity index (χ4n) is 1.34. The predicted octanol–water partition coefficient (Wildman–Crippen LogP) is -0.500. The number of hydrogen-bond donors (Lipinski definition) is 2. The van der Waals surface area contributed by atoms with Crippen molar-refractivity contribution in [2.24, 2.45) is 17.4 Å². The van der Waals surface area contributed by atoms with Gasteiger partial charge in [0.15, 0.2) is 0 Å². The van der Waals surface area contributed by atoms with Crippen molar-refractivity contribution < 1.29 is 9.59 Å². The van der Waals surface area contributed by atoms with Gasteiger partial charge in [0.25, 0.3) is 0 Å². The smallest absolute Gasteiger partial charge is 0.132 e. The zero-order chi connectivity index (χ0) is 9.90. The Morgan fingerprint density at radius 2 is 2.08 bits per heavy atom. The van der Waals surface area contributed by atoms with Gasteiger partial charge in [-0.2, -0.15) is 0 Å². The Labute approximate surface area is 76.3 Å². The van der Waals surface area contributed by atoms with Crippen molar-refractivity contribution in [3.8, 4) is 0 Å². The monoisotopic (exact) mass is 180 g/mol. The van der Waals surface area contributed by atoms with Crippen molar-refractivity contribution in [3.63, 3.8) is 0 Å². The second-order valence-electron chi connectivity index (χ2n) is 3.19. The molecule has 0 aromatic heterocycles. The third-order valence-electron chi connectivity index (χ3n) is 2.14. The van der Waals surface area contributed by atoms with E-state index >= 15 is 0 Å². The number of hydrogen-bond acceptors (Lipinski definition) is 4. The summed E-state index contributed by atoms with van der Waals surface area (Å²) in [4.78, 5) is 21.1. The van der Waals surface area contributed by atoms with Gasteiger partial charge in [0.2, 0.25) is 0 Å². The summed E-state index contributed by atoms with van der Waals surface area (Å²) >= 11 is 0. The Morgan fingerprint density at radius 3 is 2.54 bits per heavy atom. The van der Waals surface area contributed by atoms with Crippen LogP contribution in [0, 0.1) is 5.92 Å². The summed E-state index contributed by atoms with van der Waals surface area (Å²) in [5, 5.41) is 0. The van der Waals surface area contributed by atoms with Crippen LogP contribution in [0.5, 0.6) is 0 Å². The van der Waals surface area contributed by atoms with E-state index in [1.807, 2.05) is 0 Å². The lowest BCUT2D eigenvalue weighted by Gasteiger charge is -2.30. The van der Waals surface area contributed by atoms with Gasteiger partial charge in [0.1, 0.15) is 12.6 Å². The molecule has 1 aliphatic carbocycles. The minimum Gasteiger partial charge on any atom is -0.402 e. The molecule has 0 fully saturated rings. The fraction of sp³-hybridized carbons (Fsp3) is 0.333. The lowest BCUT2D eigenvalue weighted by Crippen LogP contribution is -2.48. The topological polar surface area (TPSA) is 86.2 Å². The lowest BCUT2D eigenvalue weighted by molar-refractivity contribution is -0.121. The standard InChI is InChI=1S/C9H12N2O2/c10-8-2-1-3-9(11,4-8)7(5-12)6-13/h1-3,5-7H,4,10-11H2. The molecule has 0 aromatic rings. The summed E-state index contributed by atoms with van der Waals surface area (Å²) in [6.07, 6.45) is 6.45. The van der Waals surface area contributed by atoms with Crippen LogP contribution in [-0.2, 0) is 9.59 Å². The SMILES string of the molecule is NC1=CC=CC(N)(C(C=O)C=O)C1. The van der Waals surface area contributed by atoms with Gasteiger partial charge in [-0.25, -0.2) is 0 Å². The maximum atomic E-state index is 10.5. The Bertz CT molecular complexity index is 275. The van der Waals surface area contributed by atoms with Gasteiger partial charge in [0, 0.05) is 12.1 Å². The Balaban J connectivity index is 2.89. The Kier molecular flexibility index (Phi) is 2.63. The van der Waals surface area contributed by atoms with Crippen molar-refractivity contribution in [2.75, 3.05) is 0 Å². The molecule has 4 nitrogen and oxygen atoms in total. The highest BCUT2D eigenvalue weighted by atomic mass is 16.1. The molecule has 70 valence electrons. The molecule has 0 radical (unpaired) electrons. The number of rotatable bonds is 3. The van der Waals surface area contributed by atoms with Gasteiger partial charge in [-0.15, -0.1) is 0 Å². The van der Waals surface area contributed by atoms with Crippen LogP contribution >= 0.6 is 0 Å². The van der Waals surface area contributed by atoms with Crippen molar-refractivity contribution >= 4 is 12.6 Å². The summed E-state index contributed by atoms with van der Waals surface area (Å²) in [5.41, 5.74) is 11.0. The fourth-order valence-corrected chi connectivity index (χ4v) is 1.34. The van der Waals surface area contributed by atoms with Gasteiger partial charge in [-0.1, -0.05) is 12.2 Å². The van der Waals surface area contributed by atoms with Crippen LogP contribution in [0.15, 0.2) is 23.9 Å². The summed E-state index contributed by atoms with van der Waals surface area (Å²) in [7, 11) is 0. The molecule has 4 heteroatoms. The molecule has 0 amide bonds. The Morgan fingerprint density at radius 1 is 1.46 bits per heavy atom. The molecule has 0 aromatic carbocycles. The molecule has 4 N–H and O–H groups in total. The van der Waals surface area contributed by atoms with E-state index in [9.17, 15) is 9.59 Å². The molecule has 1 aliphatic rings. The molecule has 13 heavy (non-hydrogen) atoms. The summed E-state index contributed by atoms with van der Waals surface area (Å²) in [5.74, 6) is -0.823. The lowest BCUT2D eigenvalue weighted by atomic mass is 9.80. The molecule has 0 aliphatic heterocycles. The molecule has 1 rings (SSSR count). The van der Waals surface area contributed by atoms with Crippen LogP contribution in [0.2, 0.25) is 0 Å². The van der Waals surface area contributed by atoms with E-state index in [-0.39, 0.29) is 0 Å². The Hall–Kier alpha value is -1.42. The molecule has 0 spiro atoms. The van der Waals surface area contributed by atoms with Crippen LogP contribution in [0.1, 0.15) is 6.42 Å². The highest BCUT2D eigenvalue weighted by molar-refractivity contribution is 5.80. The molecule has 1 atom stereocenters. The van der Waals surface area contributed by atoms with E-state index in [4.69, 9.17) is 11.5 Å². The van der Waals surface area contributed by atoms with Gasteiger partial charge >= 0.3 is 0 Å². The first-order valence-corrected chi connectivity index (χ1v) is 3.96. The van der Waals surface area contributed by atoms with Crippen LogP contribution in [-0.4, -0.2) is 18.1 Å². The maximum Gasteiger partial charge on any atom is 0.132 e. The van der Waals surface area contributed by atoms with Crippen molar-refractivity contribution in [1.82, 2.24) is 0 Å². The molecule has 1 unspecified atom stereocenters. The van der Waals surface area contributed by atoms with E-state index in [2.05, 4.69) is 0 Å². The van der Waals surface area contributed by atoms with Crippen LogP contribution in [0.25, 0.3) is 0 Å². The van der Waals surface area contributed by atoms with Gasteiger partial charge in [0.05, 0.1) is 11.5 Å². The first-order chi connectivity index (χ1) is 6.12. The molecular formula is C9H12N2O2. The summed E-state index contributed by atoms with van der Waals surface area (Å²) in [6.45, 7) is 0. The minimum absolute atomic E-state index is 0.339. The number of aldehydes is 2. The normalized spacial score (nSPS) is 27.1. The average Bonchev–Trinajstić information content (AvgIpc) is 2.05. The van der Waals surface area contributed by atoms with Crippen LogP contribution in [0.4, 0.5) is 0 Å². The molecule has 0 saturated heterocycles. The quantitative estimate of drug-likeness (QED) is 0.453. The third-order valence-corrected chi connectivity index (χ3v) is 2.14. The van der Waals surface area contributed by atoms with E-state index in [1.165, 1.54) is 0 Å². The minimum atomic E-state index is -0.942. The van der Waals surface area contributed by atoms with E-state index in [0.29, 0.717) is 24.7 Å². The molecular weight excluding hydrogens is 168 g/mol. The highest BCUT2D eigenvalue weighted by Crippen LogP contribution is 2.23. The molecule has 0 heterocycles. The largest absolute Gasteiger partial charge is 0.402 e. The van der Waals surface area contributed by atoms with Crippen LogP contribution in [0.3, 0.4) is 0 Å². The first-order valence-electron chi connectivity index (χ1n) is 3.96. The maximum absolute atomic E-state index is 10.5. The summed E-state index contributed by atoms with van der Waals surface area (Å²) in [6, 6.07) is 0. The summed E-state index contributed by atoms with van der Waals surface area (Å²) < 4.78 is 0. The van der Waals surface area contributed by atoms with Crippen molar-refractivity contribution in [3.05, 3.63) is 23.9 Å². The second kappa shape index (κ2) is 3.53. The number of carbonyl (C=O) groups excluding carboxylic acids is 2. The second-order valence-corrected chi connectivity index (χ2v) is 3.19. The highest BCUT2D eigenvalue weighted by Gasteiger charge is 2.33. The van der Waals surface area contributed by atoms with Crippen molar-refractivity contribution in [1.29, 1.82) is 0 Å². The van der Waals surface area contributed by atoms with E-state index in [0.717, 1.165) is 0 Å². The average molecular weight is 180 g/mol. The van der Waals surface area contributed by atoms with Gasteiger partial charge in [-0.3, -0.25) is 0 Å². The van der Waals surface area contributed by atoms with Crippen molar-refractivity contribution in [2.45, 2.75) is 12.0 Å². The third kappa shape index (κ3) is 1.84. The predicted molar refractivity (Wildman–Crippen MR) is 48.6 cm³/mol. The van der Waals surface area contributed by atoms with Gasteiger partial charge in [-0.05, 0) is 6.08 Å². The zero-order valence-electron chi connectivity index (χ0n) is 7.14. The van der Waals surface area contributed by atoms with E-state index < -0.39 is 11.5 Å². The molecule has 0 bridgehead atoms. The molecule has 0 saturated carbocycles. The van der Waals surface area contributed by atoms with E-state index in [1.54, 1.807) is 18.2 Å². The number of nitrogens with two attached hydrogens (primary N) is 2. The zero-order valence-corrected chi connectivity index (χ0v) is 7.14. The number of allylic oxidation sites excluding steroid dienone is 2. The number of carbonyl (C=O) groups is 2. The van der Waals surface area contributed by atoms with Gasteiger partial charge < -0.3 is 21.1 Å². The van der Waals surface area contributed by atoms with Crippen LogP contribution < -0.4 is 11.5 Å². The first kappa shape index (κ1) is 9.67.